The van der Waals surface area contributed by atoms with E-state index in [4.69, 9.17) is 5.41 Å². The first-order valence-electron chi connectivity index (χ1n) is 8.87. The van der Waals surface area contributed by atoms with E-state index < -0.39 is 24.4 Å². The van der Waals surface area contributed by atoms with Crippen molar-refractivity contribution in [3.63, 3.8) is 0 Å². The van der Waals surface area contributed by atoms with Gasteiger partial charge in [-0.1, -0.05) is 31.2 Å². The number of alkyl halides is 3. The smallest absolute Gasteiger partial charge is 0.388 e. The van der Waals surface area contributed by atoms with E-state index in [0.717, 1.165) is 0 Å². The molecule has 0 radical (unpaired) electrons. The number of piperidine rings is 1. The van der Waals surface area contributed by atoms with E-state index in [9.17, 15) is 18.0 Å². The number of aliphatic imine (C=N–C) groups is 1. The fraction of sp³-hybridized carbons (Fsp3) is 0.350. The second-order valence-corrected chi connectivity index (χ2v) is 6.33. The average molecular weight is 392 g/mol. The number of rotatable bonds is 5. The van der Waals surface area contributed by atoms with Crippen LogP contribution in [0.15, 0.2) is 52.7 Å². The zero-order chi connectivity index (χ0) is 20.9. The molecule has 0 spiro atoms. The summed E-state index contributed by atoms with van der Waals surface area (Å²) in [6.45, 7) is 3.32. The zero-order valence-corrected chi connectivity index (χ0v) is 15.9. The SMILES string of the molecule is CC/C=C/N=C1\NC(=O)CC(C(F)(F)F)\C1=C(\C)C(=N)c1ccccc1NC. The van der Waals surface area contributed by atoms with Crippen molar-refractivity contribution in [2.24, 2.45) is 10.9 Å². The molecule has 1 aromatic carbocycles. The van der Waals surface area contributed by atoms with Gasteiger partial charge in [-0.25, -0.2) is 4.99 Å². The lowest BCUT2D eigenvalue weighted by Gasteiger charge is -2.30. The van der Waals surface area contributed by atoms with Crippen molar-refractivity contribution in [3.8, 4) is 0 Å². The van der Waals surface area contributed by atoms with Crippen molar-refractivity contribution in [2.75, 3.05) is 12.4 Å². The lowest BCUT2D eigenvalue weighted by Crippen LogP contribution is -2.46. The third kappa shape index (κ3) is 4.68. The van der Waals surface area contributed by atoms with Crippen LogP contribution < -0.4 is 10.6 Å². The Kier molecular flexibility index (Phi) is 6.77. The Labute approximate surface area is 161 Å². The van der Waals surface area contributed by atoms with Gasteiger partial charge in [0.1, 0.15) is 5.84 Å². The summed E-state index contributed by atoms with van der Waals surface area (Å²) in [7, 11) is 1.68. The van der Waals surface area contributed by atoms with Gasteiger partial charge in [-0.05, 0) is 25.0 Å². The first kappa shape index (κ1) is 21.4. The molecule has 8 heteroatoms. The second-order valence-electron chi connectivity index (χ2n) is 6.33. The number of amides is 1. The number of nitrogens with one attached hydrogen (secondary N) is 3. The fourth-order valence-corrected chi connectivity index (χ4v) is 3.01. The lowest BCUT2D eigenvalue weighted by molar-refractivity contribution is -0.169. The summed E-state index contributed by atoms with van der Waals surface area (Å²) in [5.41, 5.74) is 0.978. The number of hydrogen-bond acceptors (Lipinski definition) is 4. The topological polar surface area (TPSA) is 77.3 Å². The second kappa shape index (κ2) is 8.86. The van der Waals surface area contributed by atoms with Crippen molar-refractivity contribution in [1.29, 1.82) is 5.41 Å². The van der Waals surface area contributed by atoms with Crippen molar-refractivity contribution in [3.05, 3.63) is 53.3 Å². The maximum Gasteiger partial charge on any atom is 0.396 e. The molecule has 1 fully saturated rings. The molecule has 1 saturated heterocycles. The highest BCUT2D eigenvalue weighted by atomic mass is 19.4. The van der Waals surface area contributed by atoms with Gasteiger partial charge in [0, 0.05) is 36.5 Å². The fourth-order valence-electron chi connectivity index (χ4n) is 3.01. The maximum absolute atomic E-state index is 13.7. The molecular weight excluding hydrogens is 369 g/mol. The molecule has 3 N–H and O–H groups in total. The number of halogens is 3. The molecule has 150 valence electrons. The number of anilines is 1. The number of benzene rings is 1. The lowest BCUT2D eigenvalue weighted by atomic mass is 9.84. The van der Waals surface area contributed by atoms with E-state index in [1.165, 1.54) is 13.1 Å². The van der Waals surface area contributed by atoms with Gasteiger partial charge in [-0.15, -0.1) is 0 Å². The standard InChI is InChI=1S/C20H23F3N4O/c1-4-5-10-26-19-17(14(20(21,22)23)11-16(28)27-19)12(2)18(24)13-8-6-7-9-15(13)25-3/h5-10,14,24-25H,4,11H2,1-3H3,(H,26,27,28)/b10-5+,17-12+,24-18?. The Morgan fingerprint density at radius 2 is 2.07 bits per heavy atom. The predicted octanol–water partition coefficient (Wildman–Crippen LogP) is 4.43. The van der Waals surface area contributed by atoms with Crippen LogP contribution in [-0.2, 0) is 4.79 Å². The van der Waals surface area contributed by atoms with Crippen molar-refractivity contribution in [1.82, 2.24) is 5.32 Å². The third-order valence-corrected chi connectivity index (χ3v) is 4.44. The van der Waals surface area contributed by atoms with E-state index in [2.05, 4.69) is 15.6 Å². The molecule has 1 aliphatic rings. The highest BCUT2D eigenvalue weighted by Gasteiger charge is 2.48. The number of allylic oxidation sites excluding steroid dienone is 2. The monoisotopic (exact) mass is 392 g/mol. The molecule has 1 aliphatic heterocycles. The van der Waals surface area contributed by atoms with Crippen LogP contribution >= 0.6 is 0 Å². The highest BCUT2D eigenvalue weighted by Crippen LogP contribution is 2.39. The van der Waals surface area contributed by atoms with Crippen LogP contribution in [-0.4, -0.2) is 30.7 Å². The van der Waals surface area contributed by atoms with Crippen LogP contribution in [0, 0.1) is 11.3 Å². The van der Waals surface area contributed by atoms with Gasteiger partial charge in [-0.3, -0.25) is 10.2 Å². The Balaban J connectivity index is 2.66. The molecule has 0 bridgehead atoms. The Bertz CT molecular complexity index is 853. The van der Waals surface area contributed by atoms with Crippen molar-refractivity contribution in [2.45, 2.75) is 32.9 Å². The Morgan fingerprint density at radius 3 is 2.68 bits per heavy atom. The van der Waals surface area contributed by atoms with Gasteiger partial charge >= 0.3 is 6.18 Å². The van der Waals surface area contributed by atoms with Gasteiger partial charge in [-0.2, -0.15) is 13.2 Å². The normalized spacial score (nSPS) is 21.0. The van der Waals surface area contributed by atoms with Crippen LogP contribution in [0.5, 0.6) is 0 Å². The molecule has 1 heterocycles. The molecule has 1 amide bonds. The summed E-state index contributed by atoms with van der Waals surface area (Å²) < 4.78 is 41.2. The highest BCUT2D eigenvalue weighted by molar-refractivity contribution is 6.20. The Hall–Kier alpha value is -2.90. The van der Waals surface area contributed by atoms with Crippen LogP contribution in [0.3, 0.4) is 0 Å². The van der Waals surface area contributed by atoms with E-state index in [0.29, 0.717) is 17.7 Å². The number of hydrogen-bond donors (Lipinski definition) is 3. The summed E-state index contributed by atoms with van der Waals surface area (Å²) in [6.07, 6.45) is -1.67. The summed E-state index contributed by atoms with van der Waals surface area (Å²) >= 11 is 0. The zero-order valence-electron chi connectivity index (χ0n) is 15.9. The quantitative estimate of drug-likeness (QED) is 0.648. The molecule has 0 aromatic heterocycles. The summed E-state index contributed by atoms with van der Waals surface area (Å²) in [5, 5.41) is 13.9. The van der Waals surface area contributed by atoms with Crippen molar-refractivity contribution >= 4 is 23.1 Å². The summed E-state index contributed by atoms with van der Waals surface area (Å²) in [5.74, 6) is -2.92. The number of carbonyl (C=O) groups excluding carboxylic acids is 1. The minimum atomic E-state index is -4.63. The minimum absolute atomic E-state index is 0.0579. The number of nitrogens with zero attached hydrogens (tertiary/aromatic N) is 1. The van der Waals surface area contributed by atoms with Crippen LogP contribution in [0.4, 0.5) is 18.9 Å². The molecule has 5 nitrogen and oxygen atoms in total. The van der Waals surface area contributed by atoms with Gasteiger partial charge in [0.15, 0.2) is 0 Å². The molecular formula is C20H23F3N4O. The van der Waals surface area contributed by atoms with Gasteiger partial charge in [0.05, 0.1) is 11.6 Å². The van der Waals surface area contributed by atoms with Gasteiger partial charge in [0.2, 0.25) is 5.91 Å². The largest absolute Gasteiger partial charge is 0.396 e. The average Bonchev–Trinajstić information content (AvgIpc) is 2.66. The van der Waals surface area contributed by atoms with Gasteiger partial charge < -0.3 is 10.6 Å². The van der Waals surface area contributed by atoms with E-state index in [1.54, 1.807) is 37.4 Å². The van der Waals surface area contributed by atoms with Crippen LogP contribution in [0.1, 0.15) is 32.3 Å². The summed E-state index contributed by atoms with van der Waals surface area (Å²) in [4.78, 5) is 15.9. The molecule has 1 atom stereocenters. The number of carbonyl (C=O) groups is 1. The number of para-hydroxylation sites is 1. The third-order valence-electron chi connectivity index (χ3n) is 4.44. The van der Waals surface area contributed by atoms with Crippen molar-refractivity contribution < 1.29 is 18.0 Å². The van der Waals surface area contributed by atoms with E-state index >= 15 is 0 Å². The van der Waals surface area contributed by atoms with Gasteiger partial charge in [0.25, 0.3) is 0 Å². The van der Waals surface area contributed by atoms with Crippen LogP contribution in [0.2, 0.25) is 0 Å². The van der Waals surface area contributed by atoms with E-state index in [1.807, 2.05) is 6.92 Å². The predicted molar refractivity (Wildman–Crippen MR) is 105 cm³/mol. The van der Waals surface area contributed by atoms with Crippen LogP contribution in [0.25, 0.3) is 0 Å². The molecule has 0 saturated carbocycles. The molecule has 0 aliphatic carbocycles. The first-order chi connectivity index (χ1) is 13.2. The molecule has 1 aromatic rings. The molecule has 2 rings (SSSR count). The molecule has 28 heavy (non-hydrogen) atoms. The minimum Gasteiger partial charge on any atom is -0.388 e. The maximum atomic E-state index is 13.7. The first-order valence-corrected chi connectivity index (χ1v) is 8.87. The molecule has 1 unspecified atom stereocenters. The van der Waals surface area contributed by atoms with E-state index in [-0.39, 0.29) is 22.7 Å². The summed E-state index contributed by atoms with van der Waals surface area (Å²) in [6, 6.07) is 6.89. The Morgan fingerprint density at radius 1 is 1.39 bits per heavy atom. The number of amidine groups is 1.